The number of sulfone groups is 1. The Kier molecular flexibility index (Phi) is 12.1. The number of nitro benzene ring substituents is 1. The molecular formula is C53H63N9O10S. The minimum atomic E-state index is -4.80. The van der Waals surface area contributed by atoms with Crippen molar-refractivity contribution in [2.75, 3.05) is 87.4 Å². The van der Waals surface area contributed by atoms with Gasteiger partial charge in [-0.3, -0.25) is 19.8 Å². The number of primary amides is 1. The molecule has 5 fully saturated rings. The number of carbonyl (C=O) groups excluding carboxylic acids is 1. The Morgan fingerprint density at radius 2 is 1.74 bits per heavy atom. The minimum Gasteiger partial charge on any atom is -0.489 e. The van der Waals surface area contributed by atoms with Gasteiger partial charge in [0.2, 0.25) is 15.7 Å². The van der Waals surface area contributed by atoms with Crippen molar-refractivity contribution in [1.29, 1.82) is 0 Å². The van der Waals surface area contributed by atoms with Crippen LogP contribution in [0.1, 0.15) is 79.4 Å². The second-order valence-corrected chi connectivity index (χ2v) is 23.5. The number of H-pyrrole nitrogens is 1. The lowest BCUT2D eigenvalue weighted by atomic mass is 9.59. The van der Waals surface area contributed by atoms with Crippen molar-refractivity contribution in [3.05, 3.63) is 93.7 Å². The van der Waals surface area contributed by atoms with Crippen molar-refractivity contribution in [2.24, 2.45) is 11.1 Å². The highest BCUT2D eigenvalue weighted by atomic mass is 32.2. The fourth-order valence-electron chi connectivity index (χ4n) is 12.8. The Morgan fingerprint density at radius 3 is 2.51 bits per heavy atom. The molecule has 5 N–H and O–H groups in total. The highest BCUT2D eigenvalue weighted by molar-refractivity contribution is 7.91. The molecule has 5 aromatic rings. The van der Waals surface area contributed by atoms with Gasteiger partial charge in [0.15, 0.2) is 11.4 Å². The van der Waals surface area contributed by atoms with Gasteiger partial charge in [-0.05, 0) is 99.6 Å². The summed E-state index contributed by atoms with van der Waals surface area (Å²) in [7, 11) is -4.80. The van der Waals surface area contributed by atoms with Crippen LogP contribution in [0.25, 0.3) is 11.0 Å². The number of benzene rings is 3. The van der Waals surface area contributed by atoms with Gasteiger partial charge in [0, 0.05) is 75.6 Å². The third kappa shape index (κ3) is 8.62. The summed E-state index contributed by atoms with van der Waals surface area (Å²) in [5, 5.41) is 27.7. The van der Waals surface area contributed by atoms with Gasteiger partial charge < -0.3 is 54.8 Å². The molecule has 1 spiro atoms. The third-order valence-corrected chi connectivity index (χ3v) is 18.7. The van der Waals surface area contributed by atoms with E-state index < -0.39 is 44.1 Å². The molecule has 0 bridgehead atoms. The van der Waals surface area contributed by atoms with E-state index in [1.54, 1.807) is 18.3 Å². The topological polar surface area (TPSA) is 231 Å². The Morgan fingerprint density at radius 1 is 0.959 bits per heavy atom. The van der Waals surface area contributed by atoms with Crippen molar-refractivity contribution in [3.8, 4) is 11.6 Å². The standard InChI is InChI=1S/C53H63N9O10S/c1-32-5-3-4-6-37(32)43-30-70-22-20-60(43)35-26-53(27-35)13-18-59(19-14-53)40-8-7-38(49(54)63)47(61-39-10-21-69-31-45(39)72-51-42(61)23-33-9-15-55-50(33)57-51)48(40)73(67,68)36-24-41(62(65)66)46-44(25-36)71-29-34(56-46)28-58-16-11-52(2,64)12-17-58/h3-9,15,23-25,34-35,39,43,45,56,64H,10-14,16-22,26-31H2,1-2H3,(H2,54,63)(H,55,57)/t34-,39-,43-,45-/m0/s1. The number of anilines is 4. The molecule has 0 radical (unpaired) electrons. The molecule has 6 aliphatic heterocycles. The molecule has 1 saturated carbocycles. The molecule has 8 heterocycles. The lowest BCUT2D eigenvalue weighted by Gasteiger charge is -2.57. The molecule has 4 saturated heterocycles. The number of nitrogens with zero attached hydrogens (tertiary/aromatic N) is 6. The van der Waals surface area contributed by atoms with E-state index >= 15 is 8.42 Å². The van der Waals surface area contributed by atoms with Gasteiger partial charge in [0.25, 0.3) is 11.6 Å². The Labute approximate surface area is 424 Å². The van der Waals surface area contributed by atoms with E-state index in [9.17, 15) is 20.0 Å². The molecule has 1 aliphatic carbocycles. The maximum Gasteiger partial charge on any atom is 0.297 e. The van der Waals surface area contributed by atoms with E-state index in [0.717, 1.165) is 43.7 Å². The first-order valence-electron chi connectivity index (χ1n) is 25.7. The first-order valence-corrected chi connectivity index (χ1v) is 27.2. The van der Waals surface area contributed by atoms with E-state index in [0.29, 0.717) is 94.9 Å². The lowest BCUT2D eigenvalue weighted by molar-refractivity contribution is -0.384. The van der Waals surface area contributed by atoms with Crippen molar-refractivity contribution in [2.45, 2.75) is 104 Å². The number of aliphatic hydroxyl groups is 1. The van der Waals surface area contributed by atoms with Crippen LogP contribution in [0.3, 0.4) is 0 Å². The average Bonchev–Trinajstić information content (AvgIpc) is 3.84. The lowest BCUT2D eigenvalue weighted by Crippen LogP contribution is -2.58. The number of morpholine rings is 1. The molecule has 7 aliphatic rings. The average molecular weight is 1020 g/mol. The number of nitrogens with one attached hydrogen (secondary N) is 2. The molecule has 1 amide bonds. The predicted molar refractivity (Wildman–Crippen MR) is 273 cm³/mol. The normalized spacial score (nSPS) is 25.1. The first kappa shape index (κ1) is 47.9. The molecule has 4 atom stereocenters. The van der Waals surface area contributed by atoms with Crippen LogP contribution >= 0.6 is 0 Å². The Balaban J connectivity index is 0.936. The van der Waals surface area contributed by atoms with Gasteiger partial charge in [-0.1, -0.05) is 24.3 Å². The summed E-state index contributed by atoms with van der Waals surface area (Å²) in [6.07, 6.45) is 6.43. The van der Waals surface area contributed by atoms with Gasteiger partial charge >= 0.3 is 0 Å². The summed E-state index contributed by atoms with van der Waals surface area (Å²) in [5.41, 5.74) is 9.20. The van der Waals surface area contributed by atoms with Crippen LogP contribution in [-0.2, 0) is 19.3 Å². The van der Waals surface area contributed by atoms with Crippen LogP contribution in [-0.4, -0.2) is 146 Å². The summed E-state index contributed by atoms with van der Waals surface area (Å²) < 4.78 is 57.1. The highest BCUT2D eigenvalue weighted by Gasteiger charge is 2.51. The number of hydrogen-bond acceptors (Lipinski definition) is 16. The minimum absolute atomic E-state index is 0.0319. The number of piperidine rings is 2. The monoisotopic (exact) mass is 1020 g/mol. The van der Waals surface area contributed by atoms with E-state index in [-0.39, 0.29) is 69.1 Å². The number of carbonyl (C=O) groups is 1. The van der Waals surface area contributed by atoms with Gasteiger partial charge in [0.1, 0.15) is 28.9 Å². The summed E-state index contributed by atoms with van der Waals surface area (Å²) in [6, 6.07) is 17.7. The Bertz CT molecular complexity index is 3090. The number of nitro groups is 1. The zero-order valence-corrected chi connectivity index (χ0v) is 42.1. The third-order valence-electron chi connectivity index (χ3n) is 16.9. The maximum absolute atomic E-state index is 16.2. The van der Waals surface area contributed by atoms with Crippen molar-refractivity contribution < 1.29 is 42.2 Å². The molecule has 0 unspecified atom stereocenters. The van der Waals surface area contributed by atoms with E-state index in [2.05, 4.69) is 56.2 Å². The van der Waals surface area contributed by atoms with E-state index in [4.69, 9.17) is 29.7 Å². The molecular weight excluding hydrogens is 955 g/mol. The first-order chi connectivity index (χ1) is 35.1. The zero-order chi connectivity index (χ0) is 50.4. The number of fused-ring (bicyclic) bond motifs is 4. The number of amides is 1. The molecule has 20 heteroatoms. The van der Waals surface area contributed by atoms with Gasteiger partial charge in [-0.2, -0.15) is 4.98 Å². The Hall–Kier alpha value is -6.03. The van der Waals surface area contributed by atoms with Crippen LogP contribution < -0.4 is 30.3 Å². The SMILES string of the molecule is Cc1ccccc1[C@@H]1COCCN1C1CC2(CCN(c3ccc(C(N)=O)c(N4c5cc6cc[nH]c6nc5O[C@H]5COCC[C@@H]54)c3S(=O)(=O)c3cc4c(c([N+](=O)[O-])c3)N[C@@H](CN3CCC(C)(O)CC3)CO4)CC2)C1. The molecule has 12 rings (SSSR count). The fraction of sp³-hybridized carbons (Fsp3) is 0.509. The van der Waals surface area contributed by atoms with Gasteiger partial charge in [-0.15, -0.1) is 0 Å². The number of aryl methyl sites for hydroxylation is 1. The summed E-state index contributed by atoms with van der Waals surface area (Å²) in [4.78, 5) is 42.6. The number of aromatic nitrogens is 2. The van der Waals surface area contributed by atoms with Crippen LogP contribution in [0.15, 0.2) is 76.7 Å². The second kappa shape index (κ2) is 18.4. The van der Waals surface area contributed by atoms with Crippen molar-refractivity contribution >= 4 is 55.2 Å². The summed E-state index contributed by atoms with van der Waals surface area (Å²) in [6.45, 7) is 9.73. The zero-order valence-electron chi connectivity index (χ0n) is 41.3. The molecule has 3 aromatic carbocycles. The van der Waals surface area contributed by atoms with E-state index in [1.165, 1.54) is 17.2 Å². The van der Waals surface area contributed by atoms with Crippen molar-refractivity contribution in [3.63, 3.8) is 0 Å². The van der Waals surface area contributed by atoms with Crippen LogP contribution in [0.4, 0.5) is 28.4 Å². The second-order valence-electron chi connectivity index (χ2n) is 21.6. The van der Waals surface area contributed by atoms with E-state index in [1.807, 2.05) is 24.0 Å². The molecule has 2 aromatic heterocycles. The van der Waals surface area contributed by atoms with Crippen LogP contribution in [0, 0.1) is 22.5 Å². The largest absolute Gasteiger partial charge is 0.489 e. The van der Waals surface area contributed by atoms with Gasteiger partial charge in [-0.25, -0.2) is 8.42 Å². The smallest absolute Gasteiger partial charge is 0.297 e. The number of pyridine rings is 1. The highest BCUT2D eigenvalue weighted by Crippen LogP contribution is 2.56. The molecule has 73 heavy (non-hydrogen) atoms. The number of aromatic amines is 1. The fourth-order valence-corrected chi connectivity index (χ4v) is 14.5. The quantitative estimate of drug-likeness (QED) is 0.0896. The van der Waals surface area contributed by atoms with Gasteiger partial charge in [0.05, 0.1) is 70.3 Å². The molecule has 386 valence electrons. The number of nitrogens with two attached hydrogens (primary N) is 1. The van der Waals surface area contributed by atoms with Crippen molar-refractivity contribution in [1.82, 2.24) is 19.8 Å². The van der Waals surface area contributed by atoms with Crippen LogP contribution in [0.2, 0.25) is 0 Å². The number of likely N-dealkylation sites (tertiary alicyclic amines) is 1. The van der Waals surface area contributed by atoms with Crippen LogP contribution in [0.5, 0.6) is 11.6 Å². The number of ether oxygens (including phenoxy) is 4. The number of rotatable bonds is 10. The number of hydrogen-bond donors (Lipinski definition) is 4. The maximum atomic E-state index is 16.2. The summed E-state index contributed by atoms with van der Waals surface area (Å²) in [5.74, 6) is -0.587. The predicted octanol–water partition coefficient (Wildman–Crippen LogP) is 6.24. The summed E-state index contributed by atoms with van der Waals surface area (Å²) >= 11 is 0. The molecule has 19 nitrogen and oxygen atoms in total.